The van der Waals surface area contributed by atoms with Gasteiger partial charge >= 0.3 is 11.9 Å². The van der Waals surface area contributed by atoms with Gasteiger partial charge in [-0.2, -0.15) is 0 Å². The number of halogens is 2. The van der Waals surface area contributed by atoms with Crippen molar-refractivity contribution in [3.05, 3.63) is 33.4 Å². The lowest BCUT2D eigenvalue weighted by Crippen LogP contribution is -2.13. The highest BCUT2D eigenvalue weighted by molar-refractivity contribution is 9.10. The molecular weight excluding hydrogens is 362 g/mol. The quantitative estimate of drug-likeness (QED) is 0.770. The fraction of sp³-hybridized carbons (Fsp3) is 0.286. The molecule has 1 aromatic heterocycles. The molecule has 0 unspecified atom stereocenters. The van der Waals surface area contributed by atoms with Gasteiger partial charge in [-0.15, -0.1) is 0 Å². The Morgan fingerprint density at radius 3 is 2.62 bits per heavy atom. The molecule has 1 heterocycles. The Kier molecular flexibility index (Phi) is 4.90. The van der Waals surface area contributed by atoms with Crippen LogP contribution >= 0.6 is 27.5 Å². The van der Waals surface area contributed by atoms with E-state index in [1.165, 1.54) is 14.2 Å². The van der Waals surface area contributed by atoms with E-state index in [2.05, 4.69) is 20.7 Å². The van der Waals surface area contributed by atoms with Crippen LogP contribution in [-0.4, -0.2) is 30.7 Å². The predicted molar refractivity (Wildman–Crippen MR) is 82.6 cm³/mol. The lowest BCUT2D eigenvalue weighted by atomic mass is 10.2. The van der Waals surface area contributed by atoms with Crippen LogP contribution < -0.4 is 0 Å². The topological polar surface area (TPSA) is 57.5 Å². The van der Waals surface area contributed by atoms with E-state index in [1.54, 1.807) is 22.8 Å². The van der Waals surface area contributed by atoms with Crippen molar-refractivity contribution < 1.29 is 19.1 Å². The zero-order chi connectivity index (χ0) is 15.6. The molecule has 0 aliphatic carbocycles. The van der Waals surface area contributed by atoms with E-state index in [0.717, 1.165) is 10.9 Å². The van der Waals surface area contributed by atoms with Gasteiger partial charge in [0.2, 0.25) is 0 Å². The Labute approximate surface area is 134 Å². The summed E-state index contributed by atoms with van der Waals surface area (Å²) in [6, 6.07) is 5.21. The lowest BCUT2D eigenvalue weighted by Gasteiger charge is -2.09. The van der Waals surface area contributed by atoms with Crippen molar-refractivity contribution in [3.63, 3.8) is 0 Å². The van der Waals surface area contributed by atoms with Crippen molar-refractivity contribution in [2.75, 3.05) is 14.2 Å². The molecule has 0 N–H and O–H groups in total. The van der Waals surface area contributed by atoms with Gasteiger partial charge in [0, 0.05) is 21.9 Å². The highest BCUT2D eigenvalue weighted by Gasteiger charge is 2.19. The minimum absolute atomic E-state index is 0.157. The van der Waals surface area contributed by atoms with Gasteiger partial charge < -0.3 is 14.0 Å². The Bertz CT molecular complexity index is 711. The number of carbonyl (C=O) groups is 2. The molecule has 0 saturated carbocycles. The van der Waals surface area contributed by atoms with Crippen LogP contribution in [-0.2, 0) is 20.8 Å². The summed E-state index contributed by atoms with van der Waals surface area (Å²) >= 11 is 9.47. The van der Waals surface area contributed by atoms with Crippen LogP contribution in [0.5, 0.6) is 0 Å². The van der Waals surface area contributed by atoms with Gasteiger partial charge in [0.25, 0.3) is 0 Å². The number of nitrogens with zero attached hydrogens (tertiary/aromatic N) is 1. The molecule has 7 heteroatoms. The fourth-order valence-electron chi connectivity index (χ4n) is 2.09. The number of ether oxygens (including phenoxy) is 2. The molecule has 5 nitrogen and oxygen atoms in total. The molecular formula is C14H13BrClNO4. The van der Waals surface area contributed by atoms with Crippen molar-refractivity contribution in [2.24, 2.45) is 0 Å². The Morgan fingerprint density at radius 1 is 1.29 bits per heavy atom. The maximum atomic E-state index is 11.9. The van der Waals surface area contributed by atoms with Crippen LogP contribution in [0.25, 0.3) is 10.9 Å². The molecule has 0 saturated heterocycles. The molecule has 0 atom stereocenters. The first kappa shape index (κ1) is 15.9. The van der Waals surface area contributed by atoms with E-state index in [-0.39, 0.29) is 12.4 Å². The van der Waals surface area contributed by atoms with Gasteiger partial charge in [-0.3, -0.25) is 4.79 Å². The summed E-state index contributed by atoms with van der Waals surface area (Å²) in [6.45, 7) is 0.314. The maximum absolute atomic E-state index is 11.9. The van der Waals surface area contributed by atoms with Gasteiger partial charge in [-0.25, -0.2) is 4.79 Å². The van der Waals surface area contributed by atoms with Gasteiger partial charge in [0.05, 0.1) is 25.7 Å². The Hall–Kier alpha value is -1.53. The minimum Gasteiger partial charge on any atom is -0.469 e. The average Bonchev–Trinajstić information content (AvgIpc) is 2.87. The summed E-state index contributed by atoms with van der Waals surface area (Å²) in [4.78, 5) is 23.2. The van der Waals surface area contributed by atoms with Crippen LogP contribution in [0.1, 0.15) is 16.9 Å². The number of benzene rings is 1. The van der Waals surface area contributed by atoms with Crippen LogP contribution in [0, 0.1) is 0 Å². The van der Waals surface area contributed by atoms with Crippen molar-refractivity contribution in [1.29, 1.82) is 0 Å². The van der Waals surface area contributed by atoms with Crippen molar-refractivity contribution in [2.45, 2.75) is 13.0 Å². The monoisotopic (exact) mass is 373 g/mol. The molecule has 0 aliphatic heterocycles. The fourth-order valence-corrected chi connectivity index (χ4v) is 2.71. The van der Waals surface area contributed by atoms with Crippen LogP contribution in [0.2, 0.25) is 5.02 Å². The van der Waals surface area contributed by atoms with E-state index in [0.29, 0.717) is 21.7 Å². The van der Waals surface area contributed by atoms with Crippen LogP contribution in [0.4, 0.5) is 0 Å². The normalized spacial score (nSPS) is 10.7. The molecule has 112 valence electrons. The third-order valence-electron chi connectivity index (χ3n) is 3.13. The molecule has 0 spiro atoms. The van der Waals surface area contributed by atoms with Gasteiger partial charge in [0.1, 0.15) is 5.69 Å². The molecule has 21 heavy (non-hydrogen) atoms. The number of hydrogen-bond acceptors (Lipinski definition) is 4. The summed E-state index contributed by atoms with van der Waals surface area (Å²) in [7, 11) is 2.64. The molecule has 2 rings (SSSR count). The van der Waals surface area contributed by atoms with E-state index < -0.39 is 5.97 Å². The smallest absolute Gasteiger partial charge is 0.354 e. The number of aromatic nitrogens is 1. The summed E-state index contributed by atoms with van der Waals surface area (Å²) < 4.78 is 11.8. The third-order valence-corrected chi connectivity index (χ3v) is 4.53. The predicted octanol–water partition coefficient (Wildman–Crippen LogP) is 3.41. The molecule has 0 bridgehead atoms. The number of fused-ring (bicyclic) bond motifs is 1. The summed E-state index contributed by atoms with van der Waals surface area (Å²) in [5, 5.41) is 1.33. The molecule has 0 fully saturated rings. The SMILES string of the molecule is COC(=O)CCn1c(C(=O)OC)cc2c(Br)c(Cl)ccc21. The van der Waals surface area contributed by atoms with Crippen molar-refractivity contribution in [1.82, 2.24) is 4.57 Å². The first-order chi connectivity index (χ1) is 9.99. The zero-order valence-corrected chi connectivity index (χ0v) is 13.8. The number of carbonyl (C=O) groups excluding carboxylic acids is 2. The van der Waals surface area contributed by atoms with Gasteiger partial charge in [-0.05, 0) is 34.1 Å². The van der Waals surface area contributed by atoms with E-state index in [1.807, 2.05) is 0 Å². The molecule has 1 aromatic carbocycles. The van der Waals surface area contributed by atoms with Gasteiger partial charge in [-0.1, -0.05) is 11.6 Å². The highest BCUT2D eigenvalue weighted by Crippen LogP contribution is 2.33. The molecule has 0 amide bonds. The Balaban J connectivity index is 2.55. The second kappa shape index (κ2) is 6.49. The zero-order valence-electron chi connectivity index (χ0n) is 11.5. The second-order valence-electron chi connectivity index (χ2n) is 4.29. The highest BCUT2D eigenvalue weighted by atomic mass is 79.9. The first-order valence-corrected chi connectivity index (χ1v) is 7.29. The van der Waals surface area contributed by atoms with E-state index >= 15 is 0 Å². The van der Waals surface area contributed by atoms with Crippen LogP contribution in [0.15, 0.2) is 22.7 Å². The van der Waals surface area contributed by atoms with Crippen molar-refractivity contribution in [3.8, 4) is 0 Å². The van der Waals surface area contributed by atoms with Crippen molar-refractivity contribution >= 4 is 50.4 Å². The lowest BCUT2D eigenvalue weighted by molar-refractivity contribution is -0.140. The summed E-state index contributed by atoms with van der Waals surface area (Å²) in [5.41, 5.74) is 1.15. The molecule has 0 aliphatic rings. The summed E-state index contributed by atoms with van der Waals surface area (Å²) in [6.07, 6.45) is 0.157. The maximum Gasteiger partial charge on any atom is 0.354 e. The van der Waals surface area contributed by atoms with Crippen LogP contribution in [0.3, 0.4) is 0 Å². The minimum atomic E-state index is -0.473. The number of aryl methyl sites for hydroxylation is 1. The third kappa shape index (κ3) is 3.06. The first-order valence-electron chi connectivity index (χ1n) is 6.12. The number of hydrogen-bond donors (Lipinski definition) is 0. The largest absolute Gasteiger partial charge is 0.469 e. The number of esters is 2. The summed E-state index contributed by atoms with van der Waals surface area (Å²) in [5.74, 6) is -0.820. The number of methoxy groups -OCH3 is 2. The molecule has 0 radical (unpaired) electrons. The molecule has 2 aromatic rings. The Morgan fingerprint density at radius 2 is 2.00 bits per heavy atom. The van der Waals surface area contributed by atoms with E-state index in [9.17, 15) is 9.59 Å². The second-order valence-corrected chi connectivity index (χ2v) is 5.49. The van der Waals surface area contributed by atoms with E-state index in [4.69, 9.17) is 16.3 Å². The standard InChI is InChI=1S/C14H13BrClNO4/c1-20-12(18)5-6-17-10-4-3-9(16)13(15)8(10)7-11(17)14(19)21-2/h3-4,7H,5-6H2,1-2H3. The number of rotatable bonds is 4. The average molecular weight is 375 g/mol. The van der Waals surface area contributed by atoms with Gasteiger partial charge in [0.15, 0.2) is 0 Å².